The molecule has 66 valence electrons. The van der Waals surface area contributed by atoms with Gasteiger partial charge in [-0.05, 0) is 12.8 Å². The molecule has 1 aliphatic heterocycles. The summed E-state index contributed by atoms with van der Waals surface area (Å²) in [5, 5.41) is 8.29. The average molecular weight is 204 g/mol. The maximum atomic E-state index is 8.29. The fourth-order valence-corrected chi connectivity index (χ4v) is 3.07. The Morgan fingerprint density at radius 3 is 2.67 bits per heavy atom. The summed E-state index contributed by atoms with van der Waals surface area (Å²) in [7, 11) is 0. The summed E-state index contributed by atoms with van der Waals surface area (Å²) in [6.45, 7) is 0. The molecule has 0 aromatic carbocycles. The van der Waals surface area contributed by atoms with Crippen LogP contribution in [-0.4, -0.2) is 29.2 Å². The molecular weight excluding hydrogens is 194 g/mol. The summed E-state index contributed by atoms with van der Waals surface area (Å²) >= 11 is 5.65. The van der Waals surface area contributed by atoms with Crippen LogP contribution in [0.15, 0.2) is 9.39 Å². The molecule has 0 amide bonds. The average Bonchev–Trinajstić information content (AvgIpc) is 2.56. The first-order chi connectivity index (χ1) is 5.86. The fourth-order valence-electron chi connectivity index (χ4n) is 1.01. The van der Waals surface area contributed by atoms with Gasteiger partial charge >= 0.3 is 0 Å². The zero-order valence-electron chi connectivity index (χ0n) is 6.66. The molecule has 0 aliphatic carbocycles. The lowest BCUT2D eigenvalue weighted by Crippen LogP contribution is -2.05. The van der Waals surface area contributed by atoms with E-state index in [2.05, 4.69) is 9.39 Å². The quantitative estimate of drug-likeness (QED) is 0.284. The third-order valence-electron chi connectivity index (χ3n) is 1.54. The Morgan fingerprint density at radius 2 is 2.17 bits per heavy atom. The number of alkyl halides is 1. The van der Waals surface area contributed by atoms with Crippen LogP contribution in [0.4, 0.5) is 0 Å². The first kappa shape index (κ1) is 9.78. The first-order valence-electron chi connectivity index (χ1n) is 3.78. The van der Waals surface area contributed by atoms with Gasteiger partial charge in [0.15, 0.2) is 0 Å². The summed E-state index contributed by atoms with van der Waals surface area (Å²) in [5.41, 5.74) is 0. The molecule has 1 aliphatic rings. The molecule has 0 atom stereocenters. The van der Waals surface area contributed by atoms with Crippen LogP contribution >= 0.6 is 11.6 Å². The van der Waals surface area contributed by atoms with Gasteiger partial charge in [0, 0.05) is 0 Å². The van der Waals surface area contributed by atoms with Crippen molar-refractivity contribution in [1.29, 1.82) is 0 Å². The molecule has 1 fully saturated rings. The summed E-state index contributed by atoms with van der Waals surface area (Å²) in [6.07, 6.45) is 2.49. The number of amidine groups is 1. The van der Waals surface area contributed by atoms with E-state index < -0.39 is 0 Å². The third kappa shape index (κ3) is 2.97. The molecule has 3 nitrogen and oxygen atoms in total. The third-order valence-corrected chi connectivity index (χ3v) is 3.77. The van der Waals surface area contributed by atoms with Gasteiger partial charge in [-0.1, -0.05) is 4.40 Å². The Hall–Kier alpha value is -0.310. The highest BCUT2D eigenvalue weighted by Crippen LogP contribution is 2.14. The van der Waals surface area contributed by atoms with E-state index in [0.717, 1.165) is 11.5 Å². The molecule has 12 heavy (non-hydrogen) atoms. The van der Waals surface area contributed by atoms with Gasteiger partial charge in [0.25, 0.3) is 0 Å². The fraction of sp³-hybridized carbons (Fsp3) is 0.714. The van der Waals surface area contributed by atoms with Crippen molar-refractivity contribution in [1.82, 2.24) is 0 Å². The van der Waals surface area contributed by atoms with E-state index in [1.807, 2.05) is 0 Å². The second kappa shape index (κ2) is 5.36. The second-order valence-electron chi connectivity index (χ2n) is 2.43. The number of nitrogens with zero attached hydrogens (tertiary/aromatic N) is 3. The molecule has 0 aromatic heterocycles. The van der Waals surface area contributed by atoms with Crippen LogP contribution in [-0.2, 0) is 11.1 Å². The van der Waals surface area contributed by atoms with Crippen molar-refractivity contribution in [3.05, 3.63) is 5.41 Å². The predicted molar refractivity (Wildman–Crippen MR) is 55.3 cm³/mol. The normalized spacial score (nSPS) is 19.2. The molecule has 0 radical (unpaired) electrons. The lowest BCUT2D eigenvalue weighted by molar-refractivity contribution is 0.949. The summed E-state index contributed by atoms with van der Waals surface area (Å²) in [6, 6.07) is 1.71. The summed E-state index contributed by atoms with van der Waals surface area (Å²) in [5.74, 6) is 3.02. The van der Waals surface area contributed by atoms with Crippen LogP contribution in [0.25, 0.3) is 5.41 Å². The van der Waals surface area contributed by atoms with Gasteiger partial charge in [-0.2, -0.15) is 0 Å². The predicted octanol–water partition coefficient (Wildman–Crippen LogP) is 1.69. The Bertz CT molecular complexity index is 217. The molecule has 1 heterocycles. The maximum absolute atomic E-state index is 8.29. The lowest BCUT2D eigenvalue weighted by Gasteiger charge is -1.96. The highest BCUT2D eigenvalue weighted by atomic mass is 35.5. The number of aliphatic imine (C=N–C) groups is 1. The number of hydrogen-bond donors (Lipinski definition) is 0. The van der Waals surface area contributed by atoms with Gasteiger partial charge in [-0.15, -0.1) is 17.6 Å². The SMILES string of the molecule is [N-]=C=N/C(CCl)=N/[S+]1CCCC1. The van der Waals surface area contributed by atoms with Crippen molar-refractivity contribution in [2.45, 2.75) is 12.8 Å². The molecule has 0 bridgehead atoms. The minimum Gasteiger partial charge on any atom is -0.422 e. The molecule has 1 saturated heterocycles. The molecule has 0 N–H and O–H groups in total. The lowest BCUT2D eigenvalue weighted by atomic mass is 10.4. The van der Waals surface area contributed by atoms with Crippen molar-refractivity contribution in [2.24, 2.45) is 9.39 Å². The van der Waals surface area contributed by atoms with E-state index >= 15 is 0 Å². The Labute approximate surface area is 79.9 Å². The molecule has 0 unspecified atom stereocenters. The first-order valence-corrected chi connectivity index (χ1v) is 5.83. The van der Waals surface area contributed by atoms with Crippen LogP contribution < -0.4 is 0 Å². The minimum atomic E-state index is 0.0999. The van der Waals surface area contributed by atoms with E-state index in [9.17, 15) is 0 Å². The van der Waals surface area contributed by atoms with Crippen molar-refractivity contribution < 1.29 is 0 Å². The zero-order chi connectivity index (χ0) is 8.81. The van der Waals surface area contributed by atoms with Crippen LogP contribution in [0.3, 0.4) is 0 Å². The van der Waals surface area contributed by atoms with Crippen molar-refractivity contribution in [2.75, 3.05) is 17.4 Å². The van der Waals surface area contributed by atoms with E-state index in [4.69, 9.17) is 17.0 Å². The molecule has 0 spiro atoms. The van der Waals surface area contributed by atoms with Crippen LogP contribution in [0.2, 0.25) is 0 Å². The Kier molecular flexibility index (Phi) is 4.36. The van der Waals surface area contributed by atoms with E-state index in [0.29, 0.717) is 5.84 Å². The van der Waals surface area contributed by atoms with Gasteiger partial charge in [0.1, 0.15) is 28.4 Å². The van der Waals surface area contributed by atoms with E-state index in [1.54, 1.807) is 6.01 Å². The maximum Gasteiger partial charge on any atom is 0.135 e. The second-order valence-corrected chi connectivity index (χ2v) is 4.62. The van der Waals surface area contributed by atoms with Crippen molar-refractivity contribution >= 4 is 34.5 Å². The van der Waals surface area contributed by atoms with Gasteiger partial charge < -0.3 is 10.4 Å². The molecule has 1 rings (SSSR count). The van der Waals surface area contributed by atoms with Crippen molar-refractivity contribution in [3.8, 4) is 0 Å². The number of rotatable bonds is 2. The molecular formula is C7H10ClN3S. The standard InChI is InChI=1S/C7H10ClN3S/c8-5-7(10-6-9)11-12-3-1-2-4-12/h1-5H2/b11-7+. The van der Waals surface area contributed by atoms with Crippen LogP contribution in [0.5, 0.6) is 0 Å². The molecule has 5 heteroatoms. The van der Waals surface area contributed by atoms with Crippen LogP contribution in [0, 0.1) is 0 Å². The van der Waals surface area contributed by atoms with Gasteiger partial charge in [0.05, 0.1) is 5.88 Å². The summed E-state index contributed by atoms with van der Waals surface area (Å²) < 4.78 is 4.31. The monoisotopic (exact) mass is 203 g/mol. The highest BCUT2D eigenvalue weighted by molar-refractivity contribution is 7.96. The van der Waals surface area contributed by atoms with Crippen molar-refractivity contribution in [3.63, 3.8) is 0 Å². The zero-order valence-corrected chi connectivity index (χ0v) is 8.24. The highest BCUT2D eigenvalue weighted by Gasteiger charge is 2.23. The minimum absolute atomic E-state index is 0.0999. The largest absolute Gasteiger partial charge is 0.422 e. The topological polar surface area (TPSA) is 47.0 Å². The van der Waals surface area contributed by atoms with E-state index in [1.165, 1.54) is 12.8 Å². The van der Waals surface area contributed by atoms with Gasteiger partial charge in [-0.3, -0.25) is 0 Å². The molecule has 0 aromatic rings. The molecule has 0 saturated carbocycles. The summed E-state index contributed by atoms with van der Waals surface area (Å²) in [4.78, 5) is 3.54. The van der Waals surface area contributed by atoms with Gasteiger partial charge in [0.2, 0.25) is 0 Å². The number of hydrogen-bond acceptors (Lipinski definition) is 1. The smallest absolute Gasteiger partial charge is 0.135 e. The van der Waals surface area contributed by atoms with Crippen LogP contribution in [0.1, 0.15) is 12.8 Å². The van der Waals surface area contributed by atoms with E-state index in [-0.39, 0.29) is 17.0 Å². The number of halogens is 1. The van der Waals surface area contributed by atoms with Gasteiger partial charge in [-0.25, -0.2) is 0 Å². The Balaban J connectivity index is 2.55. The Morgan fingerprint density at radius 1 is 1.50 bits per heavy atom.